The minimum absolute atomic E-state index is 0.0413. The van der Waals surface area contributed by atoms with Crippen LogP contribution in [0.15, 0.2) is 60.7 Å². The van der Waals surface area contributed by atoms with Crippen molar-refractivity contribution in [1.29, 1.82) is 0 Å². The molecular weight excluding hydrogens is 534 g/mol. The molecule has 10 heteroatoms. The van der Waals surface area contributed by atoms with Crippen molar-refractivity contribution in [1.82, 2.24) is 15.2 Å². The predicted molar refractivity (Wildman–Crippen MR) is 160 cm³/mol. The molecular formula is C32H37N5O5. The lowest BCUT2D eigenvalue weighted by Gasteiger charge is -2.26. The van der Waals surface area contributed by atoms with Crippen molar-refractivity contribution in [3.05, 3.63) is 66.2 Å². The summed E-state index contributed by atoms with van der Waals surface area (Å²) in [4.78, 5) is 32.5. The van der Waals surface area contributed by atoms with Crippen LogP contribution in [-0.4, -0.2) is 73.9 Å². The Hall–Kier alpha value is -4.15. The molecule has 0 aliphatic carbocycles. The maximum atomic E-state index is 12.5. The third-order valence-electron chi connectivity index (χ3n) is 7.80. The summed E-state index contributed by atoms with van der Waals surface area (Å²) < 4.78 is 17.0. The smallest absolute Gasteiger partial charge is 0.415 e. The van der Waals surface area contributed by atoms with Crippen LogP contribution in [0.5, 0.6) is 11.5 Å². The minimum Gasteiger partial charge on any atom is -0.492 e. The molecule has 0 saturated carbocycles. The molecule has 2 amide bonds. The number of carbonyl (C=O) groups is 2. The molecule has 42 heavy (non-hydrogen) atoms. The summed E-state index contributed by atoms with van der Waals surface area (Å²) in [5.74, 6) is 1.85. The number of aromatic nitrogens is 1. The number of nitrogens with zero attached hydrogens (tertiary/aromatic N) is 3. The summed E-state index contributed by atoms with van der Waals surface area (Å²) in [7, 11) is 0. The van der Waals surface area contributed by atoms with E-state index in [1.54, 1.807) is 12.1 Å². The van der Waals surface area contributed by atoms with Gasteiger partial charge in [-0.15, -0.1) is 0 Å². The zero-order valence-electron chi connectivity index (χ0n) is 23.7. The second-order valence-electron chi connectivity index (χ2n) is 10.9. The van der Waals surface area contributed by atoms with E-state index in [4.69, 9.17) is 14.2 Å². The Kier molecular flexibility index (Phi) is 8.81. The SMILES string of the molecule is O=C1COc2ccc(N3C[C@H](CCNCc4cccc(-c5cccc(OCCN6CCCCC6)c5)c4)OC3=O)nc2N1. The summed E-state index contributed by atoms with van der Waals surface area (Å²) in [5.41, 5.74) is 3.46. The fraction of sp³-hybridized carbons (Fsp3) is 0.406. The summed E-state index contributed by atoms with van der Waals surface area (Å²) in [5, 5.41) is 6.15. The van der Waals surface area contributed by atoms with E-state index in [2.05, 4.69) is 56.9 Å². The number of hydrogen-bond donors (Lipinski definition) is 2. The molecule has 4 heterocycles. The van der Waals surface area contributed by atoms with Gasteiger partial charge in [-0.3, -0.25) is 14.6 Å². The first kappa shape index (κ1) is 28.0. The number of amides is 2. The van der Waals surface area contributed by atoms with Gasteiger partial charge in [0.2, 0.25) is 0 Å². The number of rotatable bonds is 11. The van der Waals surface area contributed by atoms with Crippen LogP contribution in [-0.2, 0) is 16.1 Å². The molecule has 2 fully saturated rings. The fourth-order valence-electron chi connectivity index (χ4n) is 5.56. The summed E-state index contributed by atoms with van der Waals surface area (Å²) in [6.07, 6.45) is 3.90. The van der Waals surface area contributed by atoms with Gasteiger partial charge in [0, 0.05) is 13.1 Å². The lowest BCUT2D eigenvalue weighted by atomic mass is 10.0. The molecule has 1 atom stereocenters. The highest BCUT2D eigenvalue weighted by atomic mass is 16.6. The molecule has 6 rings (SSSR count). The van der Waals surface area contributed by atoms with E-state index in [9.17, 15) is 9.59 Å². The van der Waals surface area contributed by atoms with E-state index in [-0.39, 0.29) is 18.6 Å². The maximum Gasteiger partial charge on any atom is 0.415 e. The second kappa shape index (κ2) is 13.2. The van der Waals surface area contributed by atoms with Crippen LogP contribution in [0.2, 0.25) is 0 Å². The number of cyclic esters (lactones) is 1. The Morgan fingerprint density at radius 2 is 1.83 bits per heavy atom. The van der Waals surface area contributed by atoms with Crippen molar-refractivity contribution in [2.45, 2.75) is 38.3 Å². The van der Waals surface area contributed by atoms with Crippen LogP contribution in [0.1, 0.15) is 31.2 Å². The van der Waals surface area contributed by atoms with Gasteiger partial charge in [-0.1, -0.05) is 36.8 Å². The average molecular weight is 572 g/mol. The molecule has 0 spiro atoms. The number of anilines is 2. The maximum absolute atomic E-state index is 12.5. The number of pyridine rings is 1. The van der Waals surface area contributed by atoms with Crippen LogP contribution in [0.3, 0.4) is 0 Å². The van der Waals surface area contributed by atoms with Crippen molar-refractivity contribution in [3.63, 3.8) is 0 Å². The third-order valence-corrected chi connectivity index (χ3v) is 7.80. The molecule has 1 aromatic heterocycles. The quantitative estimate of drug-likeness (QED) is 0.326. The van der Waals surface area contributed by atoms with Crippen molar-refractivity contribution in [2.24, 2.45) is 0 Å². The van der Waals surface area contributed by atoms with Crippen LogP contribution in [0.4, 0.5) is 16.4 Å². The zero-order chi connectivity index (χ0) is 28.7. The Labute approximate surface area is 246 Å². The van der Waals surface area contributed by atoms with Gasteiger partial charge in [0.1, 0.15) is 24.3 Å². The Morgan fingerprint density at radius 1 is 1.00 bits per heavy atom. The van der Waals surface area contributed by atoms with E-state index in [0.717, 1.165) is 23.4 Å². The highest BCUT2D eigenvalue weighted by molar-refractivity contribution is 5.95. The van der Waals surface area contributed by atoms with Gasteiger partial charge in [0.05, 0.1) is 6.54 Å². The van der Waals surface area contributed by atoms with Gasteiger partial charge in [0.15, 0.2) is 18.2 Å². The number of likely N-dealkylation sites (tertiary alicyclic amines) is 1. The molecule has 3 aromatic rings. The highest BCUT2D eigenvalue weighted by Gasteiger charge is 2.33. The normalized spacial score (nSPS) is 18.7. The Balaban J connectivity index is 0.966. The summed E-state index contributed by atoms with van der Waals surface area (Å²) >= 11 is 0. The van der Waals surface area contributed by atoms with E-state index < -0.39 is 6.09 Å². The van der Waals surface area contributed by atoms with Gasteiger partial charge in [-0.2, -0.15) is 0 Å². The molecule has 0 bridgehead atoms. The molecule has 3 aliphatic rings. The number of fused-ring (bicyclic) bond motifs is 1. The Morgan fingerprint density at radius 3 is 2.71 bits per heavy atom. The second-order valence-corrected chi connectivity index (χ2v) is 10.9. The number of benzene rings is 2. The van der Waals surface area contributed by atoms with E-state index in [1.807, 2.05) is 12.1 Å². The first-order valence-corrected chi connectivity index (χ1v) is 14.8. The lowest BCUT2D eigenvalue weighted by molar-refractivity contribution is -0.118. The first-order chi connectivity index (χ1) is 20.6. The number of piperidine rings is 1. The molecule has 2 saturated heterocycles. The number of ether oxygens (including phenoxy) is 3. The monoisotopic (exact) mass is 571 g/mol. The van der Waals surface area contributed by atoms with Crippen LogP contribution < -0.4 is 25.0 Å². The van der Waals surface area contributed by atoms with Gasteiger partial charge in [0.25, 0.3) is 5.91 Å². The molecule has 2 aromatic carbocycles. The van der Waals surface area contributed by atoms with Crippen molar-refractivity contribution in [3.8, 4) is 22.6 Å². The average Bonchev–Trinajstić information content (AvgIpc) is 3.40. The molecule has 2 N–H and O–H groups in total. The fourth-order valence-corrected chi connectivity index (χ4v) is 5.56. The molecule has 0 unspecified atom stereocenters. The molecule has 0 radical (unpaired) electrons. The Bertz CT molecular complexity index is 1410. The lowest BCUT2D eigenvalue weighted by Crippen LogP contribution is -2.33. The van der Waals surface area contributed by atoms with Gasteiger partial charge < -0.3 is 24.8 Å². The topological polar surface area (TPSA) is 105 Å². The van der Waals surface area contributed by atoms with Crippen molar-refractivity contribution < 1.29 is 23.8 Å². The van der Waals surface area contributed by atoms with Gasteiger partial charge >= 0.3 is 6.09 Å². The van der Waals surface area contributed by atoms with Crippen molar-refractivity contribution in [2.75, 3.05) is 56.2 Å². The van der Waals surface area contributed by atoms with Crippen LogP contribution in [0.25, 0.3) is 11.1 Å². The molecule has 220 valence electrons. The summed E-state index contributed by atoms with van der Waals surface area (Å²) in [6, 6.07) is 20.2. The highest BCUT2D eigenvalue weighted by Crippen LogP contribution is 2.30. The van der Waals surface area contributed by atoms with E-state index >= 15 is 0 Å². The van der Waals surface area contributed by atoms with Gasteiger partial charge in [-0.05, 0) is 85.9 Å². The minimum atomic E-state index is -0.444. The van der Waals surface area contributed by atoms with Crippen LogP contribution in [0, 0.1) is 0 Å². The zero-order valence-corrected chi connectivity index (χ0v) is 23.7. The van der Waals surface area contributed by atoms with E-state index in [1.165, 1.54) is 42.8 Å². The number of nitrogens with one attached hydrogen (secondary N) is 2. The van der Waals surface area contributed by atoms with Crippen LogP contribution >= 0.6 is 0 Å². The molecule has 10 nitrogen and oxygen atoms in total. The summed E-state index contributed by atoms with van der Waals surface area (Å²) in [6.45, 7) is 5.79. The van der Waals surface area contributed by atoms with E-state index in [0.29, 0.717) is 50.0 Å². The molecule has 3 aliphatic heterocycles. The van der Waals surface area contributed by atoms with Crippen molar-refractivity contribution >= 4 is 23.6 Å². The largest absolute Gasteiger partial charge is 0.492 e. The number of carbonyl (C=O) groups excluding carboxylic acids is 2. The first-order valence-electron chi connectivity index (χ1n) is 14.8. The predicted octanol–water partition coefficient (Wildman–Crippen LogP) is 4.45. The third kappa shape index (κ3) is 7.00. The number of hydrogen-bond acceptors (Lipinski definition) is 8. The van der Waals surface area contributed by atoms with Gasteiger partial charge in [-0.25, -0.2) is 9.78 Å². The standard InChI is InChI=1S/C32H37N5O5/c38-30-22-41-28-10-11-29(34-31(28)35-30)37-21-27(42-32(37)39)12-13-33-20-23-6-4-7-24(18-23)25-8-5-9-26(19-25)40-17-16-36-14-2-1-3-15-36/h4-11,18-19,27,33H,1-3,12-17,20-22H2,(H,34,35,38)/t27-/m0/s1.